The Morgan fingerprint density at radius 2 is 0.972 bits per heavy atom. The Hall–Kier alpha value is -2.64. The van der Waals surface area contributed by atoms with E-state index in [0.717, 1.165) is 77.0 Å². The summed E-state index contributed by atoms with van der Waals surface area (Å²) in [6.07, 6.45) is 53.5. The highest BCUT2D eigenvalue weighted by Crippen LogP contribution is 2.23. The van der Waals surface area contributed by atoms with Gasteiger partial charge in [-0.25, -0.2) is 0 Å². The number of hydrogen-bond acceptors (Lipinski definition) is 10. The summed E-state index contributed by atoms with van der Waals surface area (Å²) in [5, 5.41) is 54.1. The van der Waals surface area contributed by atoms with Gasteiger partial charge in [-0.1, -0.05) is 190 Å². The van der Waals surface area contributed by atoms with Crippen molar-refractivity contribution < 1.29 is 49.3 Å². The maximum Gasteiger partial charge on any atom is 0.305 e. The second-order valence-corrected chi connectivity index (χ2v) is 20.0. The highest BCUT2D eigenvalue weighted by Gasteiger charge is 2.44. The highest BCUT2D eigenvalue weighted by molar-refractivity contribution is 5.76. The average molecular weight is 1000 g/mol. The normalized spacial score (nSPS) is 19.6. The molecule has 0 spiro atoms. The first-order chi connectivity index (χ1) is 34.7. The summed E-state index contributed by atoms with van der Waals surface area (Å²) in [7, 11) is 0. The summed E-state index contributed by atoms with van der Waals surface area (Å²) in [6, 6.07) is -0.839. The van der Waals surface area contributed by atoms with Gasteiger partial charge < -0.3 is 45.1 Å². The number of hydrogen-bond donors (Lipinski definition) is 6. The maximum atomic E-state index is 13.0. The van der Waals surface area contributed by atoms with Crippen molar-refractivity contribution in [1.29, 1.82) is 0 Å². The van der Waals surface area contributed by atoms with Crippen molar-refractivity contribution in [1.82, 2.24) is 5.32 Å². The monoisotopic (exact) mass is 1000 g/mol. The topological polar surface area (TPSA) is 175 Å². The fourth-order valence-corrected chi connectivity index (χ4v) is 8.76. The van der Waals surface area contributed by atoms with Gasteiger partial charge >= 0.3 is 5.97 Å². The zero-order valence-electron chi connectivity index (χ0n) is 45.2. The summed E-state index contributed by atoms with van der Waals surface area (Å²) in [4.78, 5) is 25.0. The fraction of sp³-hybridized carbons (Fsp3) is 0.800. The number of esters is 1. The summed E-state index contributed by atoms with van der Waals surface area (Å²) >= 11 is 0. The zero-order chi connectivity index (χ0) is 51.7. The van der Waals surface area contributed by atoms with Crippen LogP contribution >= 0.6 is 0 Å². The summed E-state index contributed by atoms with van der Waals surface area (Å²) in [5.74, 6) is -0.222. The van der Waals surface area contributed by atoms with E-state index < -0.39 is 49.5 Å². The van der Waals surface area contributed by atoms with Crippen LogP contribution in [0.2, 0.25) is 0 Å². The molecule has 11 nitrogen and oxygen atoms in total. The highest BCUT2D eigenvalue weighted by atomic mass is 16.7. The summed E-state index contributed by atoms with van der Waals surface area (Å²) in [6.45, 7) is 4.04. The van der Waals surface area contributed by atoms with Gasteiger partial charge in [-0.2, -0.15) is 0 Å². The summed E-state index contributed by atoms with van der Waals surface area (Å²) < 4.78 is 16.6. The maximum absolute atomic E-state index is 13.0. The van der Waals surface area contributed by atoms with Gasteiger partial charge in [0.25, 0.3) is 0 Å². The molecule has 0 aliphatic carbocycles. The minimum atomic E-state index is -1.58. The molecule has 1 aliphatic heterocycles. The molecule has 412 valence electrons. The standard InChI is InChI=1S/C60H107NO10/c1-3-5-7-9-11-13-14-28-32-36-40-44-48-56(65)69-49-45-41-37-33-29-26-24-22-20-18-16-15-17-19-21-23-25-27-31-35-39-43-47-55(64)61-52(53(63)46-42-38-34-30-12-10-8-6-4-2)51-70-60-59(68)58(67)57(66)54(50-62)71-60/h4,6,11-13,17,19,30,42,46,52-54,57-60,62-63,66-68H,3,5,7-10,14-16,18,20-29,31-41,43-45,47-51H2,1-2H3,(H,61,64)/b6-4+,13-11-,19-17-,30-12+,46-42+. The van der Waals surface area contributed by atoms with Gasteiger partial charge in [0, 0.05) is 12.8 Å². The van der Waals surface area contributed by atoms with Crippen LogP contribution in [0.4, 0.5) is 0 Å². The molecule has 0 aromatic carbocycles. The van der Waals surface area contributed by atoms with Crippen LogP contribution in [0.3, 0.4) is 0 Å². The molecule has 11 heteroatoms. The minimum absolute atomic E-state index is 0.0145. The second-order valence-electron chi connectivity index (χ2n) is 20.0. The summed E-state index contributed by atoms with van der Waals surface area (Å²) in [5.41, 5.74) is 0. The molecule has 71 heavy (non-hydrogen) atoms. The number of aliphatic hydroxyl groups excluding tert-OH is 5. The molecule has 1 aliphatic rings. The molecule has 1 amide bonds. The largest absolute Gasteiger partial charge is 0.466 e. The van der Waals surface area contributed by atoms with E-state index in [9.17, 15) is 35.1 Å². The number of ether oxygens (including phenoxy) is 3. The molecule has 7 atom stereocenters. The first-order valence-electron chi connectivity index (χ1n) is 29.0. The van der Waals surface area contributed by atoms with Crippen molar-refractivity contribution in [3.8, 4) is 0 Å². The molecule has 0 saturated carbocycles. The van der Waals surface area contributed by atoms with Gasteiger partial charge in [0.05, 0.1) is 32.0 Å². The third kappa shape index (κ3) is 39.5. The van der Waals surface area contributed by atoms with Crippen LogP contribution < -0.4 is 5.32 Å². The Morgan fingerprint density at radius 3 is 1.48 bits per heavy atom. The van der Waals surface area contributed by atoms with E-state index in [1.807, 2.05) is 19.1 Å². The lowest BCUT2D eigenvalue weighted by Gasteiger charge is -2.40. The van der Waals surface area contributed by atoms with E-state index in [2.05, 4.69) is 54.8 Å². The van der Waals surface area contributed by atoms with E-state index in [1.165, 1.54) is 135 Å². The molecule has 0 aromatic rings. The number of carbonyl (C=O) groups is 2. The van der Waals surface area contributed by atoms with Crippen LogP contribution in [0.5, 0.6) is 0 Å². The first kappa shape index (κ1) is 66.4. The Labute approximate surface area is 433 Å². The second kappa shape index (κ2) is 49.6. The lowest BCUT2D eigenvalue weighted by atomic mass is 9.99. The number of rotatable bonds is 49. The number of allylic oxidation sites excluding steroid dienone is 9. The van der Waals surface area contributed by atoms with Crippen molar-refractivity contribution in [2.75, 3.05) is 19.8 Å². The van der Waals surface area contributed by atoms with Crippen molar-refractivity contribution >= 4 is 11.9 Å². The molecule has 1 saturated heterocycles. The molecule has 6 N–H and O–H groups in total. The van der Waals surface area contributed by atoms with Crippen molar-refractivity contribution in [3.05, 3.63) is 60.8 Å². The predicted molar refractivity (Wildman–Crippen MR) is 292 cm³/mol. The molecular formula is C60H107NO10. The number of amides is 1. The molecule has 1 rings (SSSR count). The number of unbranched alkanes of at least 4 members (excludes halogenated alkanes) is 28. The van der Waals surface area contributed by atoms with Gasteiger partial charge in [-0.05, 0) is 103 Å². The van der Waals surface area contributed by atoms with Crippen LogP contribution in [0.25, 0.3) is 0 Å². The van der Waals surface area contributed by atoms with Gasteiger partial charge in [0.1, 0.15) is 24.4 Å². The van der Waals surface area contributed by atoms with Crippen LogP contribution in [0.15, 0.2) is 60.8 Å². The number of aliphatic hydroxyl groups is 5. The van der Waals surface area contributed by atoms with E-state index >= 15 is 0 Å². The van der Waals surface area contributed by atoms with Crippen LogP contribution in [-0.4, -0.2) is 100 Å². The van der Waals surface area contributed by atoms with Crippen molar-refractivity contribution in [2.45, 2.75) is 288 Å². The molecule has 0 radical (unpaired) electrons. The Bertz CT molecular complexity index is 1360. The molecule has 0 aromatic heterocycles. The molecule has 7 unspecified atom stereocenters. The molecule has 1 fully saturated rings. The van der Waals surface area contributed by atoms with Crippen molar-refractivity contribution in [3.63, 3.8) is 0 Å². The Kier molecular flexibility index (Phi) is 46.3. The smallest absolute Gasteiger partial charge is 0.305 e. The molecular weight excluding hydrogens is 895 g/mol. The van der Waals surface area contributed by atoms with Crippen molar-refractivity contribution in [2.24, 2.45) is 0 Å². The van der Waals surface area contributed by atoms with E-state index in [4.69, 9.17) is 14.2 Å². The third-order valence-electron chi connectivity index (χ3n) is 13.4. The van der Waals surface area contributed by atoms with Crippen LogP contribution in [0.1, 0.15) is 245 Å². The first-order valence-corrected chi connectivity index (χ1v) is 29.0. The van der Waals surface area contributed by atoms with E-state index in [1.54, 1.807) is 6.08 Å². The Balaban J connectivity index is 2.03. The zero-order valence-corrected chi connectivity index (χ0v) is 45.2. The van der Waals surface area contributed by atoms with E-state index in [0.29, 0.717) is 25.9 Å². The van der Waals surface area contributed by atoms with Gasteiger partial charge in [-0.15, -0.1) is 0 Å². The van der Waals surface area contributed by atoms with Gasteiger partial charge in [0.2, 0.25) is 5.91 Å². The predicted octanol–water partition coefficient (Wildman–Crippen LogP) is 13.1. The number of carbonyl (C=O) groups excluding carboxylic acids is 2. The molecule has 0 bridgehead atoms. The molecule has 1 heterocycles. The van der Waals surface area contributed by atoms with Gasteiger partial charge in [-0.3, -0.25) is 9.59 Å². The minimum Gasteiger partial charge on any atom is -0.466 e. The Morgan fingerprint density at radius 1 is 0.535 bits per heavy atom. The number of nitrogens with one attached hydrogen (secondary N) is 1. The van der Waals surface area contributed by atoms with Gasteiger partial charge in [0.15, 0.2) is 6.29 Å². The van der Waals surface area contributed by atoms with Crippen LogP contribution in [-0.2, 0) is 23.8 Å². The third-order valence-corrected chi connectivity index (χ3v) is 13.4. The quantitative estimate of drug-likeness (QED) is 0.0195. The SMILES string of the molecule is C/C=C/CC/C=C/CC/C=C/C(O)C(COC1OC(CO)C(O)C(O)C1O)NC(=O)CCCCCCCCC/C=C\CCCCCCCCCCCCCOC(=O)CCCCCCC/C=C\CCCCC. The van der Waals surface area contributed by atoms with E-state index in [-0.39, 0.29) is 18.5 Å². The van der Waals surface area contributed by atoms with Crippen LogP contribution in [0, 0.1) is 0 Å². The average Bonchev–Trinajstić information content (AvgIpc) is 3.37. The lowest BCUT2D eigenvalue weighted by Crippen LogP contribution is -2.60. The lowest BCUT2D eigenvalue weighted by molar-refractivity contribution is -0.302. The fourth-order valence-electron chi connectivity index (χ4n) is 8.76.